The lowest BCUT2D eigenvalue weighted by Crippen LogP contribution is -2.43. The molecule has 0 amide bonds. The number of nitrogens with one attached hydrogen (secondary N) is 1. The summed E-state index contributed by atoms with van der Waals surface area (Å²) in [5.74, 6) is 0.752. The molecular formula is C18H28N2O5S2. The Balaban J connectivity index is 1.76. The molecule has 2 fully saturated rings. The largest absolute Gasteiger partial charge is 0.379 e. The summed E-state index contributed by atoms with van der Waals surface area (Å²) in [6, 6.07) is 5.38. The van der Waals surface area contributed by atoms with Crippen molar-refractivity contribution >= 4 is 20.0 Å². The van der Waals surface area contributed by atoms with Gasteiger partial charge in [0.25, 0.3) is 0 Å². The maximum absolute atomic E-state index is 12.7. The van der Waals surface area contributed by atoms with Gasteiger partial charge in [0.1, 0.15) is 0 Å². The van der Waals surface area contributed by atoms with E-state index in [1.165, 1.54) is 28.6 Å². The van der Waals surface area contributed by atoms with Gasteiger partial charge in [-0.2, -0.15) is 4.31 Å². The van der Waals surface area contributed by atoms with Crippen LogP contribution in [0.25, 0.3) is 0 Å². The number of sulfonamides is 2. The molecule has 1 saturated heterocycles. The van der Waals surface area contributed by atoms with Crippen molar-refractivity contribution in [2.75, 3.05) is 26.3 Å². The van der Waals surface area contributed by atoms with E-state index < -0.39 is 20.0 Å². The second-order valence-corrected chi connectivity index (χ2v) is 11.1. The first-order valence-corrected chi connectivity index (χ1v) is 12.3. The van der Waals surface area contributed by atoms with Crippen LogP contribution in [0.1, 0.15) is 33.1 Å². The molecule has 1 aromatic rings. The number of morpholine rings is 1. The van der Waals surface area contributed by atoms with Crippen molar-refractivity contribution in [3.8, 4) is 0 Å². The summed E-state index contributed by atoms with van der Waals surface area (Å²) < 4.78 is 60.1. The molecule has 1 N–H and O–H groups in total. The lowest BCUT2D eigenvalue weighted by molar-refractivity contribution is 0.0730. The second-order valence-electron chi connectivity index (χ2n) is 7.48. The van der Waals surface area contributed by atoms with Gasteiger partial charge in [-0.25, -0.2) is 21.6 Å². The smallest absolute Gasteiger partial charge is 0.243 e. The van der Waals surface area contributed by atoms with E-state index in [2.05, 4.69) is 18.6 Å². The highest BCUT2D eigenvalue weighted by Crippen LogP contribution is 2.30. The topological polar surface area (TPSA) is 92.8 Å². The fourth-order valence-corrected chi connectivity index (χ4v) is 6.51. The molecule has 27 heavy (non-hydrogen) atoms. The number of ether oxygens (including phenoxy) is 1. The summed E-state index contributed by atoms with van der Waals surface area (Å²) >= 11 is 0. The molecule has 1 aliphatic heterocycles. The van der Waals surface area contributed by atoms with E-state index in [0.717, 1.165) is 19.3 Å². The Morgan fingerprint density at radius 1 is 0.963 bits per heavy atom. The average molecular weight is 417 g/mol. The van der Waals surface area contributed by atoms with Crippen LogP contribution in [0.2, 0.25) is 0 Å². The fraction of sp³-hybridized carbons (Fsp3) is 0.667. The molecule has 3 rings (SSSR count). The van der Waals surface area contributed by atoms with E-state index in [1.54, 1.807) is 0 Å². The third kappa shape index (κ3) is 4.54. The van der Waals surface area contributed by atoms with Crippen molar-refractivity contribution in [2.45, 2.75) is 48.9 Å². The van der Waals surface area contributed by atoms with Crippen LogP contribution in [-0.4, -0.2) is 53.5 Å². The Labute approximate surface area is 162 Å². The van der Waals surface area contributed by atoms with Crippen molar-refractivity contribution in [1.29, 1.82) is 0 Å². The van der Waals surface area contributed by atoms with Crippen LogP contribution in [0.3, 0.4) is 0 Å². The van der Waals surface area contributed by atoms with E-state index in [1.807, 2.05) is 0 Å². The third-order valence-corrected chi connectivity index (χ3v) is 9.17. The van der Waals surface area contributed by atoms with Crippen molar-refractivity contribution < 1.29 is 21.6 Å². The monoisotopic (exact) mass is 416 g/mol. The average Bonchev–Trinajstić information content (AvgIpc) is 2.66. The van der Waals surface area contributed by atoms with Crippen molar-refractivity contribution in [2.24, 2.45) is 11.8 Å². The van der Waals surface area contributed by atoms with Crippen LogP contribution >= 0.6 is 0 Å². The van der Waals surface area contributed by atoms with E-state index in [0.29, 0.717) is 32.2 Å². The van der Waals surface area contributed by atoms with Crippen LogP contribution in [-0.2, 0) is 24.8 Å². The minimum Gasteiger partial charge on any atom is -0.379 e. The SMILES string of the molecule is C[C@@H]1[C@@H](C)CCC[C@H]1NS(=O)(=O)c1ccc(S(=O)(=O)N2CCOCC2)cc1. The highest BCUT2D eigenvalue weighted by Gasteiger charge is 2.31. The lowest BCUT2D eigenvalue weighted by atomic mass is 9.78. The minimum absolute atomic E-state index is 0.0875. The highest BCUT2D eigenvalue weighted by atomic mass is 32.2. The molecule has 0 aromatic heterocycles. The molecule has 0 unspecified atom stereocenters. The van der Waals surface area contributed by atoms with Gasteiger partial charge in [-0.05, 0) is 42.5 Å². The first-order chi connectivity index (χ1) is 12.7. The van der Waals surface area contributed by atoms with Crippen LogP contribution in [0.5, 0.6) is 0 Å². The molecule has 1 aliphatic carbocycles. The predicted molar refractivity (Wildman–Crippen MR) is 102 cm³/mol. The number of rotatable bonds is 5. The van der Waals surface area contributed by atoms with Gasteiger partial charge < -0.3 is 4.74 Å². The van der Waals surface area contributed by atoms with Gasteiger partial charge in [-0.3, -0.25) is 0 Å². The molecular weight excluding hydrogens is 388 g/mol. The second kappa shape index (κ2) is 8.16. The van der Waals surface area contributed by atoms with E-state index in [4.69, 9.17) is 4.74 Å². The molecule has 0 bridgehead atoms. The Morgan fingerprint density at radius 2 is 1.56 bits per heavy atom. The Morgan fingerprint density at radius 3 is 2.19 bits per heavy atom. The standard InChI is InChI=1S/C18H28N2O5S2/c1-14-4-3-5-18(15(14)2)19-26(21,22)16-6-8-17(9-7-16)27(23,24)20-10-12-25-13-11-20/h6-9,14-15,18-19H,3-5,10-13H2,1-2H3/t14-,15+,18+/m0/s1. The molecule has 1 saturated carbocycles. The fourth-order valence-electron chi connectivity index (χ4n) is 3.74. The van der Waals surface area contributed by atoms with Crippen LogP contribution in [0.4, 0.5) is 0 Å². The quantitative estimate of drug-likeness (QED) is 0.790. The van der Waals surface area contributed by atoms with E-state index >= 15 is 0 Å². The number of hydrogen-bond acceptors (Lipinski definition) is 5. The summed E-state index contributed by atoms with van der Waals surface area (Å²) in [6.07, 6.45) is 2.96. The van der Waals surface area contributed by atoms with Crippen LogP contribution in [0.15, 0.2) is 34.1 Å². The lowest BCUT2D eigenvalue weighted by Gasteiger charge is -2.34. The molecule has 7 nitrogen and oxygen atoms in total. The van der Waals surface area contributed by atoms with Crippen LogP contribution in [0, 0.1) is 11.8 Å². The number of hydrogen-bond donors (Lipinski definition) is 1. The molecule has 3 atom stereocenters. The van der Waals surface area contributed by atoms with Crippen molar-refractivity contribution in [3.63, 3.8) is 0 Å². The Bertz CT molecular complexity index is 846. The normalized spacial score (nSPS) is 28.1. The Kier molecular flexibility index (Phi) is 6.27. The summed E-state index contributed by atoms with van der Waals surface area (Å²) in [7, 11) is -7.31. The zero-order chi connectivity index (χ0) is 19.7. The number of benzene rings is 1. The molecule has 9 heteroatoms. The van der Waals surface area contributed by atoms with Gasteiger partial charge in [-0.15, -0.1) is 0 Å². The molecule has 0 spiro atoms. The molecule has 1 aromatic carbocycles. The van der Waals surface area contributed by atoms with Gasteiger partial charge in [0.15, 0.2) is 0 Å². The minimum atomic E-state index is -3.68. The van der Waals surface area contributed by atoms with Gasteiger partial charge in [0.2, 0.25) is 20.0 Å². The summed E-state index contributed by atoms with van der Waals surface area (Å²) in [5, 5.41) is 0. The summed E-state index contributed by atoms with van der Waals surface area (Å²) in [6.45, 7) is 5.58. The van der Waals surface area contributed by atoms with Crippen molar-refractivity contribution in [3.05, 3.63) is 24.3 Å². The maximum atomic E-state index is 12.7. The maximum Gasteiger partial charge on any atom is 0.243 e. The summed E-state index contributed by atoms with van der Waals surface area (Å²) in [4.78, 5) is 0.192. The first-order valence-electron chi connectivity index (χ1n) is 9.42. The number of nitrogens with zero attached hydrogens (tertiary/aromatic N) is 1. The molecule has 0 radical (unpaired) electrons. The van der Waals surface area contributed by atoms with Gasteiger partial charge in [0, 0.05) is 19.1 Å². The molecule has 152 valence electrons. The van der Waals surface area contributed by atoms with Gasteiger partial charge in [-0.1, -0.05) is 26.7 Å². The summed E-state index contributed by atoms with van der Waals surface area (Å²) in [5.41, 5.74) is 0. The van der Waals surface area contributed by atoms with Gasteiger partial charge in [0.05, 0.1) is 23.0 Å². The highest BCUT2D eigenvalue weighted by molar-refractivity contribution is 7.89. The zero-order valence-electron chi connectivity index (χ0n) is 15.8. The van der Waals surface area contributed by atoms with E-state index in [-0.39, 0.29) is 21.8 Å². The first kappa shape index (κ1) is 20.7. The molecule has 1 heterocycles. The Hall–Kier alpha value is -1.00. The van der Waals surface area contributed by atoms with Gasteiger partial charge >= 0.3 is 0 Å². The van der Waals surface area contributed by atoms with E-state index in [9.17, 15) is 16.8 Å². The van der Waals surface area contributed by atoms with Crippen LogP contribution < -0.4 is 4.72 Å². The molecule has 2 aliphatic rings. The third-order valence-electron chi connectivity index (χ3n) is 5.76. The predicted octanol–water partition coefficient (Wildman–Crippen LogP) is 1.81. The zero-order valence-corrected chi connectivity index (χ0v) is 17.4. The van der Waals surface area contributed by atoms with Crippen molar-refractivity contribution in [1.82, 2.24) is 9.03 Å².